The van der Waals surface area contributed by atoms with Crippen molar-refractivity contribution in [3.63, 3.8) is 0 Å². The number of thiocarbonyl (C=S) groups is 1. The number of anilines is 1. The Morgan fingerprint density at radius 3 is 2.55 bits per heavy atom. The van der Waals surface area contributed by atoms with E-state index in [4.69, 9.17) is 16.6 Å². The largest absolute Gasteiger partial charge is 0.449 e. The smallest absolute Gasteiger partial charge is 0.270 e. The van der Waals surface area contributed by atoms with Gasteiger partial charge in [-0.1, -0.05) is 51.5 Å². The molecule has 2 amide bonds. The van der Waals surface area contributed by atoms with E-state index < -0.39 is 11.8 Å². The number of aryl methyl sites for hydroxylation is 1. The molecular weight excluding hydrogens is 564 g/mol. The van der Waals surface area contributed by atoms with Crippen molar-refractivity contribution < 1.29 is 14.0 Å². The van der Waals surface area contributed by atoms with E-state index in [1.165, 1.54) is 28.3 Å². The van der Waals surface area contributed by atoms with Crippen molar-refractivity contribution in [3.8, 4) is 0 Å². The number of furan rings is 1. The predicted octanol–water partition coefficient (Wildman–Crippen LogP) is 6.10. The monoisotopic (exact) mass is 576 g/mol. The number of benzene rings is 2. The Bertz CT molecular complexity index is 1240. The summed E-state index contributed by atoms with van der Waals surface area (Å²) in [6, 6.07) is 16.9. The van der Waals surface area contributed by atoms with Gasteiger partial charge in [-0.2, -0.15) is 0 Å². The first-order chi connectivity index (χ1) is 14.8. The van der Waals surface area contributed by atoms with Crippen LogP contribution in [-0.2, 0) is 9.59 Å². The van der Waals surface area contributed by atoms with Gasteiger partial charge < -0.3 is 4.42 Å². The molecule has 0 spiro atoms. The van der Waals surface area contributed by atoms with Crippen LogP contribution in [-0.4, -0.2) is 16.9 Å². The molecule has 2 aromatic carbocycles. The van der Waals surface area contributed by atoms with Crippen LogP contribution in [0.1, 0.15) is 11.3 Å². The minimum absolute atomic E-state index is 0.0292. The van der Waals surface area contributed by atoms with Gasteiger partial charge in [0.2, 0.25) is 0 Å². The van der Waals surface area contributed by atoms with E-state index in [9.17, 15) is 9.59 Å². The minimum Gasteiger partial charge on any atom is -0.449 e. The maximum Gasteiger partial charge on any atom is 0.270 e. The highest BCUT2D eigenvalue weighted by atomic mass is 79.9. The van der Waals surface area contributed by atoms with Crippen LogP contribution in [0.15, 0.2) is 83.5 Å². The molecule has 3 aromatic rings. The van der Waals surface area contributed by atoms with E-state index in [0.29, 0.717) is 16.5 Å². The molecule has 1 aliphatic heterocycles. The Hall–Kier alpha value is -2.20. The van der Waals surface area contributed by atoms with Gasteiger partial charge in [-0.05, 0) is 77.5 Å². The van der Waals surface area contributed by atoms with Crippen LogP contribution in [0, 0.1) is 6.92 Å². The first-order valence-corrected chi connectivity index (χ1v) is 11.8. The van der Waals surface area contributed by atoms with Gasteiger partial charge in [-0.3, -0.25) is 19.8 Å². The lowest BCUT2D eigenvalue weighted by atomic mass is 10.1. The molecule has 2 heterocycles. The van der Waals surface area contributed by atoms with Crippen molar-refractivity contribution >= 4 is 84.5 Å². The van der Waals surface area contributed by atoms with Crippen LogP contribution < -0.4 is 10.2 Å². The molecule has 0 aliphatic carbocycles. The van der Waals surface area contributed by atoms with Gasteiger partial charge in [0.25, 0.3) is 11.8 Å². The summed E-state index contributed by atoms with van der Waals surface area (Å²) in [6.45, 7) is 2.02. The Balaban J connectivity index is 1.64. The Labute approximate surface area is 205 Å². The van der Waals surface area contributed by atoms with Gasteiger partial charge in [-0.25, -0.2) is 0 Å². The Morgan fingerprint density at radius 2 is 1.84 bits per heavy atom. The zero-order chi connectivity index (χ0) is 22.1. The van der Waals surface area contributed by atoms with Crippen LogP contribution >= 0.6 is 55.8 Å². The van der Waals surface area contributed by atoms with Gasteiger partial charge in [0, 0.05) is 9.37 Å². The zero-order valence-corrected chi connectivity index (χ0v) is 20.8. The molecule has 31 heavy (non-hydrogen) atoms. The maximum absolute atomic E-state index is 13.1. The van der Waals surface area contributed by atoms with E-state index >= 15 is 0 Å². The highest BCUT2D eigenvalue weighted by Gasteiger charge is 2.35. The summed E-state index contributed by atoms with van der Waals surface area (Å²) in [6.07, 6.45) is 1.42. The van der Waals surface area contributed by atoms with Crippen molar-refractivity contribution in [1.29, 1.82) is 0 Å². The van der Waals surface area contributed by atoms with E-state index in [2.05, 4.69) is 37.2 Å². The van der Waals surface area contributed by atoms with E-state index in [0.717, 1.165) is 13.8 Å². The lowest BCUT2D eigenvalue weighted by Crippen LogP contribution is -2.54. The third-order valence-corrected chi connectivity index (χ3v) is 6.99. The van der Waals surface area contributed by atoms with Crippen LogP contribution in [0.25, 0.3) is 6.08 Å². The van der Waals surface area contributed by atoms with Gasteiger partial charge in [0.05, 0.1) is 10.2 Å². The summed E-state index contributed by atoms with van der Waals surface area (Å²) in [5.41, 5.74) is 1.65. The second kappa shape index (κ2) is 9.12. The maximum atomic E-state index is 13.1. The number of carbonyl (C=O) groups excluding carboxylic acids is 2. The van der Waals surface area contributed by atoms with Crippen molar-refractivity contribution in [2.45, 2.75) is 16.9 Å². The molecule has 0 radical (unpaired) electrons. The molecule has 0 saturated carbocycles. The lowest BCUT2D eigenvalue weighted by molar-refractivity contribution is -0.122. The van der Waals surface area contributed by atoms with Crippen LogP contribution in [0.3, 0.4) is 0 Å². The van der Waals surface area contributed by atoms with Crippen molar-refractivity contribution in [2.75, 3.05) is 4.90 Å². The molecule has 156 valence electrons. The average molecular weight is 578 g/mol. The topological polar surface area (TPSA) is 62.6 Å². The van der Waals surface area contributed by atoms with E-state index in [1.807, 2.05) is 37.3 Å². The third kappa shape index (κ3) is 4.85. The molecule has 4 rings (SSSR count). The molecule has 5 nitrogen and oxygen atoms in total. The lowest BCUT2D eigenvalue weighted by Gasteiger charge is -2.28. The highest BCUT2D eigenvalue weighted by Crippen LogP contribution is 2.37. The number of nitrogens with one attached hydrogen (secondary N) is 1. The summed E-state index contributed by atoms with van der Waals surface area (Å²) in [4.78, 5) is 27.9. The molecule has 0 unspecified atom stereocenters. The van der Waals surface area contributed by atoms with Crippen LogP contribution in [0.4, 0.5) is 5.69 Å². The fourth-order valence-electron chi connectivity index (χ4n) is 2.87. The van der Waals surface area contributed by atoms with Gasteiger partial charge in [0.1, 0.15) is 11.3 Å². The molecule has 0 atom stereocenters. The summed E-state index contributed by atoms with van der Waals surface area (Å²) in [5.74, 6) is -0.712. The normalized spacial score (nSPS) is 15.5. The number of hydrogen-bond acceptors (Lipinski definition) is 5. The van der Waals surface area contributed by atoms with Gasteiger partial charge in [-0.15, -0.1) is 0 Å². The Morgan fingerprint density at radius 1 is 1.10 bits per heavy atom. The average Bonchev–Trinajstić information content (AvgIpc) is 3.06. The number of rotatable bonds is 4. The highest BCUT2D eigenvalue weighted by molar-refractivity contribution is 9.10. The number of nitrogens with zero attached hydrogens (tertiary/aromatic N) is 1. The molecule has 0 bridgehead atoms. The minimum atomic E-state index is -0.568. The van der Waals surface area contributed by atoms with E-state index in [1.54, 1.807) is 24.3 Å². The second-order valence-corrected chi connectivity index (χ2v) is 9.84. The summed E-state index contributed by atoms with van der Waals surface area (Å²) >= 11 is 13.5. The Kier molecular flexibility index (Phi) is 6.47. The number of amides is 2. The number of hydrogen-bond donors (Lipinski definition) is 1. The molecule has 1 N–H and O–H groups in total. The van der Waals surface area contributed by atoms with Gasteiger partial charge >= 0.3 is 0 Å². The molecule has 1 aromatic heterocycles. The van der Waals surface area contributed by atoms with Crippen molar-refractivity contribution in [3.05, 3.63) is 80.4 Å². The predicted molar refractivity (Wildman–Crippen MR) is 132 cm³/mol. The number of halogens is 2. The molecule has 1 fully saturated rings. The standard InChI is InChI=1S/C22H14Br2N2O3S2/c1-12-5-7-16(8-6-12)31-21-18(24)11-15(29-21)10-17-19(27)25-22(30)26(20(17)28)14-4-2-3-13(23)9-14/h2-11H,1H3,(H,25,27,30)/b17-10+. The quantitative estimate of drug-likeness (QED) is 0.231. The van der Waals surface area contributed by atoms with E-state index in [-0.39, 0.29) is 10.7 Å². The fraction of sp³-hybridized carbons (Fsp3) is 0.0455. The van der Waals surface area contributed by atoms with Crippen molar-refractivity contribution in [1.82, 2.24) is 5.32 Å². The summed E-state index contributed by atoms with van der Waals surface area (Å²) in [7, 11) is 0. The van der Waals surface area contributed by atoms with Crippen LogP contribution in [0.2, 0.25) is 0 Å². The molecule has 9 heteroatoms. The first kappa shape index (κ1) is 22.0. The SMILES string of the molecule is Cc1ccc(Sc2oc(/C=C3\C(=O)NC(=S)N(c4cccc(Br)c4)C3=O)cc2Br)cc1. The number of carbonyl (C=O) groups is 2. The second-order valence-electron chi connectivity index (χ2n) is 6.64. The van der Waals surface area contributed by atoms with Crippen molar-refractivity contribution in [2.24, 2.45) is 0 Å². The first-order valence-electron chi connectivity index (χ1n) is 9.03. The van der Waals surface area contributed by atoms with Crippen LogP contribution in [0.5, 0.6) is 0 Å². The summed E-state index contributed by atoms with van der Waals surface area (Å²) in [5, 5.41) is 3.22. The fourth-order valence-corrected chi connectivity index (χ4v) is 4.87. The molecule has 1 aliphatic rings. The van der Waals surface area contributed by atoms with Gasteiger partial charge in [0.15, 0.2) is 10.2 Å². The molecular formula is C22H14Br2N2O3S2. The third-order valence-electron chi connectivity index (χ3n) is 4.36. The molecule has 1 saturated heterocycles. The summed E-state index contributed by atoms with van der Waals surface area (Å²) < 4.78 is 7.40. The zero-order valence-electron chi connectivity index (χ0n) is 16.0.